The standard InChI is InChI=1S/C17H27ClN2O/c1-4-10-21-17-8-7-15(11-16(17)18)19-13(2)14-6-5-9-20(3)12-14/h7-8,11,13-14,19H,4-6,9-10,12H2,1-3H3. The molecule has 1 saturated heterocycles. The Hall–Kier alpha value is -0.930. The van der Waals surface area contributed by atoms with Gasteiger partial charge in [-0.15, -0.1) is 0 Å². The third kappa shape index (κ3) is 4.79. The zero-order valence-electron chi connectivity index (χ0n) is 13.4. The Labute approximate surface area is 133 Å². The fraction of sp³-hybridized carbons (Fsp3) is 0.647. The van der Waals surface area contributed by atoms with Gasteiger partial charge in [-0.3, -0.25) is 0 Å². The predicted octanol–water partition coefficient (Wildman–Crippen LogP) is 4.27. The molecule has 1 heterocycles. The van der Waals surface area contributed by atoms with Crippen molar-refractivity contribution in [1.82, 2.24) is 4.90 Å². The predicted molar refractivity (Wildman–Crippen MR) is 90.5 cm³/mol. The molecule has 0 spiro atoms. The van der Waals surface area contributed by atoms with Gasteiger partial charge in [0.15, 0.2) is 0 Å². The second-order valence-electron chi connectivity index (χ2n) is 6.09. The molecule has 4 heteroatoms. The van der Waals surface area contributed by atoms with Gasteiger partial charge in [-0.2, -0.15) is 0 Å². The lowest BCUT2D eigenvalue weighted by Crippen LogP contribution is -2.39. The van der Waals surface area contributed by atoms with Gasteiger partial charge >= 0.3 is 0 Å². The third-order valence-corrected chi connectivity index (χ3v) is 4.45. The van der Waals surface area contributed by atoms with Crippen molar-refractivity contribution < 1.29 is 4.74 Å². The maximum absolute atomic E-state index is 6.28. The maximum atomic E-state index is 6.28. The Morgan fingerprint density at radius 1 is 1.48 bits per heavy atom. The first-order chi connectivity index (χ1) is 10.1. The van der Waals surface area contributed by atoms with Crippen LogP contribution in [0.3, 0.4) is 0 Å². The van der Waals surface area contributed by atoms with E-state index in [4.69, 9.17) is 16.3 Å². The van der Waals surface area contributed by atoms with Crippen LogP contribution < -0.4 is 10.1 Å². The van der Waals surface area contributed by atoms with E-state index in [9.17, 15) is 0 Å². The molecule has 1 aromatic carbocycles. The summed E-state index contributed by atoms with van der Waals surface area (Å²) >= 11 is 6.28. The number of anilines is 1. The normalized spacial score (nSPS) is 21.0. The van der Waals surface area contributed by atoms with Gasteiger partial charge in [0.2, 0.25) is 0 Å². The summed E-state index contributed by atoms with van der Waals surface area (Å²) in [7, 11) is 2.20. The first-order valence-electron chi connectivity index (χ1n) is 7.97. The number of hydrogen-bond donors (Lipinski definition) is 1. The molecule has 118 valence electrons. The molecule has 1 aliphatic heterocycles. The Balaban J connectivity index is 1.94. The Kier molecular flexibility index (Phi) is 6.19. The highest BCUT2D eigenvalue weighted by molar-refractivity contribution is 6.32. The van der Waals surface area contributed by atoms with Crippen molar-refractivity contribution in [3.8, 4) is 5.75 Å². The summed E-state index contributed by atoms with van der Waals surface area (Å²) < 4.78 is 5.61. The first kappa shape index (κ1) is 16.4. The lowest BCUT2D eigenvalue weighted by atomic mass is 9.92. The van der Waals surface area contributed by atoms with E-state index < -0.39 is 0 Å². The van der Waals surface area contributed by atoms with Gasteiger partial charge in [-0.1, -0.05) is 18.5 Å². The molecule has 1 aromatic rings. The van der Waals surface area contributed by atoms with Crippen LogP contribution >= 0.6 is 11.6 Å². The number of halogens is 1. The quantitative estimate of drug-likeness (QED) is 0.849. The number of nitrogens with one attached hydrogen (secondary N) is 1. The van der Waals surface area contributed by atoms with Gasteiger partial charge in [-0.25, -0.2) is 0 Å². The molecule has 1 fully saturated rings. The summed E-state index contributed by atoms with van der Waals surface area (Å²) in [6, 6.07) is 6.43. The van der Waals surface area contributed by atoms with Crippen LogP contribution in [-0.2, 0) is 0 Å². The third-order valence-electron chi connectivity index (χ3n) is 4.16. The summed E-state index contributed by atoms with van der Waals surface area (Å²) in [4.78, 5) is 2.42. The maximum Gasteiger partial charge on any atom is 0.138 e. The van der Waals surface area contributed by atoms with E-state index in [2.05, 4.69) is 37.2 Å². The van der Waals surface area contributed by atoms with E-state index in [-0.39, 0.29) is 0 Å². The summed E-state index contributed by atoms with van der Waals surface area (Å²) in [5.74, 6) is 1.47. The van der Waals surface area contributed by atoms with E-state index >= 15 is 0 Å². The van der Waals surface area contributed by atoms with Gasteiger partial charge in [0.25, 0.3) is 0 Å². The molecule has 0 aliphatic carbocycles. The zero-order valence-corrected chi connectivity index (χ0v) is 14.1. The number of hydrogen-bond acceptors (Lipinski definition) is 3. The SMILES string of the molecule is CCCOc1ccc(NC(C)C2CCCN(C)C2)cc1Cl. The first-order valence-corrected chi connectivity index (χ1v) is 8.35. The van der Waals surface area contributed by atoms with Gasteiger partial charge in [0.05, 0.1) is 11.6 Å². The van der Waals surface area contributed by atoms with Crippen molar-refractivity contribution in [2.24, 2.45) is 5.92 Å². The molecule has 0 saturated carbocycles. The molecular weight excluding hydrogens is 284 g/mol. The lowest BCUT2D eigenvalue weighted by Gasteiger charge is -2.34. The van der Waals surface area contributed by atoms with Crippen molar-refractivity contribution in [3.63, 3.8) is 0 Å². The molecule has 1 N–H and O–H groups in total. The molecule has 0 amide bonds. The van der Waals surface area contributed by atoms with Crippen LogP contribution in [0.1, 0.15) is 33.1 Å². The monoisotopic (exact) mass is 310 g/mol. The molecule has 2 unspecified atom stereocenters. The fourth-order valence-corrected chi connectivity index (χ4v) is 3.15. The van der Waals surface area contributed by atoms with Crippen molar-refractivity contribution in [3.05, 3.63) is 23.2 Å². The van der Waals surface area contributed by atoms with Gasteiger partial charge in [0.1, 0.15) is 5.75 Å². The highest BCUT2D eigenvalue weighted by Crippen LogP contribution is 2.29. The molecular formula is C17H27ClN2O. The Morgan fingerprint density at radius 2 is 2.29 bits per heavy atom. The Morgan fingerprint density at radius 3 is 2.95 bits per heavy atom. The van der Waals surface area contributed by atoms with E-state index in [1.807, 2.05) is 12.1 Å². The zero-order chi connectivity index (χ0) is 15.2. The number of rotatable bonds is 6. The highest BCUT2D eigenvalue weighted by atomic mass is 35.5. The summed E-state index contributed by atoms with van der Waals surface area (Å²) in [6.07, 6.45) is 3.57. The molecule has 0 aromatic heterocycles. The number of benzene rings is 1. The summed E-state index contributed by atoms with van der Waals surface area (Å²) in [6.45, 7) is 7.45. The molecule has 0 radical (unpaired) electrons. The second kappa shape index (κ2) is 7.90. The summed E-state index contributed by atoms with van der Waals surface area (Å²) in [5.41, 5.74) is 1.07. The van der Waals surface area contributed by atoms with E-state index in [1.54, 1.807) is 0 Å². The molecule has 0 bridgehead atoms. The average molecular weight is 311 g/mol. The fourth-order valence-electron chi connectivity index (χ4n) is 2.91. The average Bonchev–Trinajstić information content (AvgIpc) is 2.46. The van der Waals surface area contributed by atoms with E-state index in [0.29, 0.717) is 23.6 Å². The smallest absolute Gasteiger partial charge is 0.138 e. The van der Waals surface area contributed by atoms with Crippen LogP contribution in [0.4, 0.5) is 5.69 Å². The number of likely N-dealkylation sites (tertiary alicyclic amines) is 1. The van der Waals surface area contributed by atoms with Crippen LogP contribution in [0, 0.1) is 5.92 Å². The van der Waals surface area contributed by atoms with Crippen LogP contribution in [0.5, 0.6) is 5.75 Å². The van der Waals surface area contributed by atoms with Gasteiger partial charge < -0.3 is 15.0 Å². The van der Waals surface area contributed by atoms with Crippen LogP contribution in [-0.4, -0.2) is 37.7 Å². The minimum atomic E-state index is 0.450. The van der Waals surface area contributed by atoms with Gasteiger partial charge in [-0.05, 0) is 63.9 Å². The van der Waals surface area contributed by atoms with Crippen molar-refractivity contribution >= 4 is 17.3 Å². The molecule has 2 atom stereocenters. The van der Waals surface area contributed by atoms with Crippen molar-refractivity contribution in [2.45, 2.75) is 39.2 Å². The minimum Gasteiger partial charge on any atom is -0.492 e. The van der Waals surface area contributed by atoms with Crippen molar-refractivity contribution in [2.75, 3.05) is 32.1 Å². The topological polar surface area (TPSA) is 24.5 Å². The van der Waals surface area contributed by atoms with Crippen molar-refractivity contribution in [1.29, 1.82) is 0 Å². The van der Waals surface area contributed by atoms with E-state index in [1.165, 1.54) is 25.9 Å². The summed E-state index contributed by atoms with van der Waals surface area (Å²) in [5, 5.41) is 4.27. The van der Waals surface area contributed by atoms with Gasteiger partial charge in [0, 0.05) is 18.3 Å². The highest BCUT2D eigenvalue weighted by Gasteiger charge is 2.22. The molecule has 3 nitrogen and oxygen atoms in total. The number of nitrogens with zero attached hydrogens (tertiary/aromatic N) is 1. The molecule has 1 aliphatic rings. The van der Waals surface area contributed by atoms with Crippen LogP contribution in [0.15, 0.2) is 18.2 Å². The lowest BCUT2D eigenvalue weighted by molar-refractivity contribution is 0.197. The molecule has 21 heavy (non-hydrogen) atoms. The number of piperidine rings is 1. The largest absolute Gasteiger partial charge is 0.492 e. The minimum absolute atomic E-state index is 0.450. The van der Waals surface area contributed by atoms with E-state index in [0.717, 1.165) is 17.9 Å². The Bertz CT molecular complexity index is 452. The van der Waals surface area contributed by atoms with Crippen LogP contribution in [0.2, 0.25) is 5.02 Å². The molecule has 2 rings (SSSR count). The second-order valence-corrected chi connectivity index (χ2v) is 6.50. The van der Waals surface area contributed by atoms with Crippen LogP contribution in [0.25, 0.3) is 0 Å². The number of ether oxygens (including phenoxy) is 1.